The van der Waals surface area contributed by atoms with Crippen LogP contribution in [0.3, 0.4) is 0 Å². The summed E-state index contributed by atoms with van der Waals surface area (Å²) in [4.78, 5) is 23.2. The van der Waals surface area contributed by atoms with Crippen molar-refractivity contribution >= 4 is 35.3 Å². The second-order valence-electron chi connectivity index (χ2n) is 4.55. The van der Waals surface area contributed by atoms with Crippen molar-refractivity contribution in [3.05, 3.63) is 64.9 Å². The number of nitrogens with one attached hydrogen (secondary N) is 2. The van der Waals surface area contributed by atoms with Crippen molar-refractivity contribution in [3.63, 3.8) is 0 Å². The summed E-state index contributed by atoms with van der Waals surface area (Å²) in [5.41, 5.74) is 2.98. The smallest absolute Gasteiger partial charge is 0.249 e. The first kappa shape index (κ1) is 16.6. The highest BCUT2D eigenvalue weighted by molar-refractivity contribution is 6.30. The summed E-state index contributed by atoms with van der Waals surface area (Å²) in [5, 5.41) is 6.63. The van der Waals surface area contributed by atoms with Gasteiger partial charge in [0.05, 0.1) is 11.9 Å². The predicted octanol–water partition coefficient (Wildman–Crippen LogP) is 2.96. The molecule has 0 atom stereocenters. The lowest BCUT2D eigenvalue weighted by atomic mass is 10.2. The van der Waals surface area contributed by atoms with Gasteiger partial charge < -0.3 is 5.32 Å². The number of hydrogen-bond donors (Lipinski definition) is 2. The maximum absolute atomic E-state index is 13.4. The van der Waals surface area contributed by atoms with Crippen LogP contribution in [-0.4, -0.2) is 18.0 Å². The van der Waals surface area contributed by atoms with E-state index >= 15 is 0 Å². The first-order valence-corrected chi connectivity index (χ1v) is 7.04. The van der Waals surface area contributed by atoms with Gasteiger partial charge in [0.1, 0.15) is 12.2 Å². The maximum Gasteiger partial charge on any atom is 0.249 e. The number of rotatable bonds is 5. The Labute approximate surface area is 137 Å². The summed E-state index contributed by atoms with van der Waals surface area (Å²) < 4.78 is 13.4. The molecule has 0 spiro atoms. The third-order valence-corrected chi connectivity index (χ3v) is 2.99. The molecule has 118 valence electrons. The largest absolute Gasteiger partial charge is 0.323 e. The highest BCUT2D eigenvalue weighted by Gasteiger charge is 2.10. The number of benzene rings is 2. The summed E-state index contributed by atoms with van der Waals surface area (Å²) >= 11 is 5.75. The zero-order chi connectivity index (χ0) is 16.7. The van der Waals surface area contributed by atoms with Crippen LogP contribution in [0.1, 0.15) is 12.0 Å². The first-order chi connectivity index (χ1) is 11.0. The van der Waals surface area contributed by atoms with Gasteiger partial charge in [-0.05, 0) is 29.8 Å². The van der Waals surface area contributed by atoms with Gasteiger partial charge in [-0.25, -0.2) is 9.82 Å². The molecule has 0 aliphatic heterocycles. The number of anilines is 1. The fourth-order valence-electron chi connectivity index (χ4n) is 1.67. The fraction of sp³-hybridized carbons (Fsp3) is 0.0625. The molecule has 0 heterocycles. The van der Waals surface area contributed by atoms with Gasteiger partial charge in [-0.2, -0.15) is 5.10 Å². The minimum absolute atomic E-state index is 0.0231. The Morgan fingerprint density at radius 1 is 1.09 bits per heavy atom. The lowest BCUT2D eigenvalue weighted by molar-refractivity contribution is -0.126. The Morgan fingerprint density at radius 2 is 1.78 bits per heavy atom. The fourth-order valence-corrected chi connectivity index (χ4v) is 1.80. The minimum Gasteiger partial charge on any atom is -0.323 e. The van der Waals surface area contributed by atoms with Gasteiger partial charge in [-0.1, -0.05) is 35.9 Å². The number of hydrogen-bond acceptors (Lipinski definition) is 3. The standard InChI is InChI=1S/C16H13ClFN3O2/c17-12-7-5-11(6-8-12)10-19-21-16(23)9-15(22)20-14-4-2-1-3-13(14)18/h1-8,10H,9H2,(H,20,22)(H,21,23). The van der Waals surface area contributed by atoms with Crippen LogP contribution in [0, 0.1) is 5.82 Å². The Morgan fingerprint density at radius 3 is 2.48 bits per heavy atom. The molecule has 0 aromatic heterocycles. The van der Waals surface area contributed by atoms with Crippen molar-refractivity contribution in [1.29, 1.82) is 0 Å². The van der Waals surface area contributed by atoms with Crippen LogP contribution in [0.2, 0.25) is 5.02 Å². The summed E-state index contributed by atoms with van der Waals surface area (Å²) in [6.07, 6.45) is 0.954. The molecule has 0 fully saturated rings. The van der Waals surface area contributed by atoms with E-state index in [2.05, 4.69) is 15.8 Å². The van der Waals surface area contributed by atoms with Crippen molar-refractivity contribution in [1.82, 2.24) is 5.43 Å². The van der Waals surface area contributed by atoms with E-state index in [1.807, 2.05) is 0 Å². The molecule has 2 N–H and O–H groups in total. The topological polar surface area (TPSA) is 70.6 Å². The minimum atomic E-state index is -0.630. The van der Waals surface area contributed by atoms with E-state index in [-0.39, 0.29) is 5.69 Å². The molecular weight excluding hydrogens is 321 g/mol. The highest BCUT2D eigenvalue weighted by atomic mass is 35.5. The third kappa shape index (κ3) is 5.52. The molecule has 0 saturated carbocycles. The monoisotopic (exact) mass is 333 g/mol. The van der Waals surface area contributed by atoms with Crippen LogP contribution < -0.4 is 10.7 Å². The first-order valence-electron chi connectivity index (χ1n) is 6.66. The molecule has 23 heavy (non-hydrogen) atoms. The number of carbonyl (C=O) groups excluding carboxylic acids is 2. The normalized spacial score (nSPS) is 10.5. The van der Waals surface area contributed by atoms with Crippen LogP contribution in [0.25, 0.3) is 0 Å². The zero-order valence-corrected chi connectivity index (χ0v) is 12.7. The number of carbonyl (C=O) groups is 2. The molecule has 2 amide bonds. The van der Waals surface area contributed by atoms with Crippen molar-refractivity contribution in [3.8, 4) is 0 Å². The van der Waals surface area contributed by atoms with E-state index < -0.39 is 24.1 Å². The molecule has 0 aliphatic carbocycles. The Bertz CT molecular complexity index is 732. The van der Waals surface area contributed by atoms with E-state index in [9.17, 15) is 14.0 Å². The van der Waals surface area contributed by atoms with E-state index in [0.717, 1.165) is 5.56 Å². The van der Waals surface area contributed by atoms with Gasteiger partial charge in [0.15, 0.2) is 0 Å². The summed E-state index contributed by atoms with van der Waals surface area (Å²) in [7, 11) is 0. The van der Waals surface area contributed by atoms with Gasteiger partial charge in [0, 0.05) is 5.02 Å². The predicted molar refractivity (Wildman–Crippen MR) is 86.8 cm³/mol. The SMILES string of the molecule is O=C(CC(=O)Nc1ccccc1F)NN=Cc1ccc(Cl)cc1. The molecular formula is C16H13ClFN3O2. The van der Waals surface area contributed by atoms with Crippen LogP contribution in [0.4, 0.5) is 10.1 Å². The molecule has 0 aliphatic rings. The number of halogens is 2. The van der Waals surface area contributed by atoms with Gasteiger partial charge >= 0.3 is 0 Å². The lowest BCUT2D eigenvalue weighted by Crippen LogP contribution is -2.24. The second-order valence-corrected chi connectivity index (χ2v) is 4.99. The van der Waals surface area contributed by atoms with Crippen LogP contribution >= 0.6 is 11.6 Å². The van der Waals surface area contributed by atoms with Crippen LogP contribution in [0.5, 0.6) is 0 Å². The van der Waals surface area contributed by atoms with E-state index in [4.69, 9.17) is 11.6 Å². The van der Waals surface area contributed by atoms with Gasteiger partial charge in [0.2, 0.25) is 11.8 Å². The number of amides is 2. The van der Waals surface area contributed by atoms with Crippen LogP contribution in [-0.2, 0) is 9.59 Å². The quantitative estimate of drug-likeness (QED) is 0.501. The summed E-state index contributed by atoms with van der Waals surface area (Å²) in [6, 6.07) is 12.5. The molecule has 0 saturated heterocycles. The van der Waals surface area contributed by atoms with E-state index in [0.29, 0.717) is 5.02 Å². The number of hydrazone groups is 1. The van der Waals surface area contributed by atoms with Gasteiger partial charge in [0.25, 0.3) is 0 Å². The van der Waals surface area contributed by atoms with E-state index in [1.54, 1.807) is 30.3 Å². The Hall–Kier alpha value is -2.73. The van der Waals surface area contributed by atoms with E-state index in [1.165, 1.54) is 24.4 Å². The molecule has 2 aromatic carbocycles. The third-order valence-electron chi connectivity index (χ3n) is 2.74. The number of para-hydroxylation sites is 1. The van der Waals surface area contributed by atoms with Gasteiger partial charge in [-0.3, -0.25) is 9.59 Å². The molecule has 2 rings (SSSR count). The molecule has 0 bridgehead atoms. The second kappa shape index (κ2) is 8.05. The Balaban J connectivity index is 1.81. The zero-order valence-electron chi connectivity index (χ0n) is 11.9. The summed E-state index contributed by atoms with van der Waals surface area (Å²) in [5.74, 6) is -1.81. The van der Waals surface area contributed by atoms with Crippen molar-refractivity contribution in [2.24, 2.45) is 5.10 Å². The van der Waals surface area contributed by atoms with Crippen molar-refractivity contribution in [2.75, 3.05) is 5.32 Å². The van der Waals surface area contributed by atoms with Crippen LogP contribution in [0.15, 0.2) is 53.6 Å². The molecule has 5 nitrogen and oxygen atoms in total. The average Bonchev–Trinajstić information content (AvgIpc) is 2.51. The molecule has 0 unspecified atom stereocenters. The lowest BCUT2D eigenvalue weighted by Gasteiger charge is -2.05. The average molecular weight is 334 g/mol. The molecule has 2 aromatic rings. The summed E-state index contributed by atoms with van der Waals surface area (Å²) in [6.45, 7) is 0. The molecule has 7 heteroatoms. The highest BCUT2D eigenvalue weighted by Crippen LogP contribution is 2.12. The van der Waals surface area contributed by atoms with Crippen molar-refractivity contribution in [2.45, 2.75) is 6.42 Å². The van der Waals surface area contributed by atoms with Gasteiger partial charge in [-0.15, -0.1) is 0 Å². The number of nitrogens with zero attached hydrogens (tertiary/aromatic N) is 1. The molecule has 0 radical (unpaired) electrons. The Kier molecular flexibility index (Phi) is 5.82. The maximum atomic E-state index is 13.4. The van der Waals surface area contributed by atoms with Crippen molar-refractivity contribution < 1.29 is 14.0 Å².